The van der Waals surface area contributed by atoms with Crippen molar-refractivity contribution in [2.75, 3.05) is 26.8 Å². The van der Waals surface area contributed by atoms with Crippen molar-refractivity contribution >= 4 is 5.97 Å². The number of methoxy groups -OCH3 is 1. The number of hydrogen-bond donors (Lipinski definition) is 2. The van der Waals surface area contributed by atoms with Crippen LogP contribution < -0.4 is 5.32 Å². The van der Waals surface area contributed by atoms with Gasteiger partial charge >= 0.3 is 5.97 Å². The van der Waals surface area contributed by atoms with Crippen LogP contribution in [0.1, 0.15) is 26.2 Å². The van der Waals surface area contributed by atoms with Crippen LogP contribution in [0, 0.1) is 0 Å². The molecular weight excluding hydrogens is 194 g/mol. The van der Waals surface area contributed by atoms with Gasteiger partial charge in [0.1, 0.15) is 0 Å². The highest BCUT2D eigenvalue weighted by molar-refractivity contribution is 5.85. The maximum absolute atomic E-state index is 10.4. The van der Waals surface area contributed by atoms with Crippen molar-refractivity contribution in [2.24, 2.45) is 0 Å². The highest BCUT2D eigenvalue weighted by Gasteiger charge is 1.97. The second-order valence-electron chi connectivity index (χ2n) is 3.45. The van der Waals surface area contributed by atoms with E-state index >= 15 is 0 Å². The molecule has 0 atom stereocenters. The molecule has 0 unspecified atom stereocenters. The Hall–Kier alpha value is -0.870. The Morgan fingerprint density at radius 1 is 1.40 bits per heavy atom. The Morgan fingerprint density at radius 3 is 2.73 bits per heavy atom. The van der Waals surface area contributed by atoms with Gasteiger partial charge in [0.25, 0.3) is 0 Å². The van der Waals surface area contributed by atoms with Crippen LogP contribution in [0.3, 0.4) is 0 Å². The predicted octanol–water partition coefficient (Wildman–Crippen LogP) is 1.42. The van der Waals surface area contributed by atoms with Gasteiger partial charge < -0.3 is 15.2 Å². The number of carbonyl (C=O) groups is 1. The first kappa shape index (κ1) is 14.1. The summed E-state index contributed by atoms with van der Waals surface area (Å²) in [5.41, 5.74) is 0.391. The Labute approximate surface area is 91.3 Å². The summed E-state index contributed by atoms with van der Waals surface area (Å²) in [6, 6.07) is 0. The fourth-order valence-corrected chi connectivity index (χ4v) is 1.09. The monoisotopic (exact) mass is 215 g/mol. The van der Waals surface area contributed by atoms with Crippen molar-refractivity contribution in [1.29, 1.82) is 0 Å². The summed E-state index contributed by atoms with van der Waals surface area (Å²) in [6.07, 6.45) is 5.02. The molecule has 2 N–H and O–H groups in total. The van der Waals surface area contributed by atoms with E-state index in [0.717, 1.165) is 32.4 Å². The number of unbranched alkanes of at least 4 members (excludes halogenated alkanes) is 2. The number of nitrogens with one attached hydrogen (secondary N) is 1. The molecule has 0 saturated carbocycles. The van der Waals surface area contributed by atoms with E-state index in [9.17, 15) is 4.79 Å². The first-order valence-corrected chi connectivity index (χ1v) is 5.28. The quantitative estimate of drug-likeness (QED) is 0.451. The molecule has 0 heterocycles. The minimum atomic E-state index is -0.850. The number of carboxylic acids is 1. The molecule has 0 spiro atoms. The van der Waals surface area contributed by atoms with Crippen LogP contribution in [0.5, 0.6) is 0 Å². The number of carboxylic acid groups (broad SMARTS) is 1. The Balaban J connectivity index is 3.25. The highest BCUT2D eigenvalue weighted by Crippen LogP contribution is 1.94. The van der Waals surface area contributed by atoms with E-state index in [1.54, 1.807) is 20.1 Å². The van der Waals surface area contributed by atoms with Crippen LogP contribution in [-0.2, 0) is 9.53 Å². The smallest absolute Gasteiger partial charge is 0.330 e. The van der Waals surface area contributed by atoms with Crippen molar-refractivity contribution in [3.8, 4) is 0 Å². The normalized spacial score (nSPS) is 11.7. The second kappa shape index (κ2) is 9.68. The van der Waals surface area contributed by atoms with Crippen LogP contribution in [0.2, 0.25) is 0 Å². The molecule has 0 aromatic carbocycles. The first-order chi connectivity index (χ1) is 7.18. The molecule has 4 heteroatoms. The maximum Gasteiger partial charge on any atom is 0.330 e. The Morgan fingerprint density at radius 2 is 2.13 bits per heavy atom. The van der Waals surface area contributed by atoms with Crippen LogP contribution in [0.25, 0.3) is 0 Å². The fraction of sp³-hybridized carbons (Fsp3) is 0.727. The molecule has 0 aliphatic carbocycles. The van der Waals surface area contributed by atoms with E-state index in [1.165, 1.54) is 0 Å². The predicted molar refractivity (Wildman–Crippen MR) is 60.0 cm³/mol. The molecule has 0 radical (unpaired) electrons. The van der Waals surface area contributed by atoms with Crippen LogP contribution in [-0.4, -0.2) is 37.9 Å². The number of aliphatic carboxylic acids is 1. The Bertz CT molecular complexity index is 202. The average molecular weight is 215 g/mol. The molecule has 88 valence electrons. The summed E-state index contributed by atoms with van der Waals surface area (Å²) >= 11 is 0. The Kier molecular flexibility index (Phi) is 9.11. The van der Waals surface area contributed by atoms with Gasteiger partial charge in [-0.2, -0.15) is 0 Å². The zero-order chi connectivity index (χ0) is 11.5. The SMILES string of the molecule is COCCCCCNC/C=C(/C)C(=O)O. The molecule has 15 heavy (non-hydrogen) atoms. The largest absolute Gasteiger partial charge is 0.478 e. The van der Waals surface area contributed by atoms with Gasteiger partial charge in [0, 0.05) is 25.8 Å². The third-order valence-corrected chi connectivity index (χ3v) is 2.09. The van der Waals surface area contributed by atoms with E-state index < -0.39 is 5.97 Å². The highest BCUT2D eigenvalue weighted by atomic mass is 16.5. The summed E-state index contributed by atoms with van der Waals surface area (Å²) in [5.74, 6) is -0.850. The molecule has 0 rings (SSSR count). The maximum atomic E-state index is 10.4. The summed E-state index contributed by atoms with van der Waals surface area (Å²) < 4.78 is 4.93. The van der Waals surface area contributed by atoms with Crippen molar-refractivity contribution in [1.82, 2.24) is 5.32 Å². The van der Waals surface area contributed by atoms with Gasteiger partial charge in [0.05, 0.1) is 0 Å². The molecule has 0 aliphatic heterocycles. The van der Waals surface area contributed by atoms with E-state index in [2.05, 4.69) is 5.32 Å². The molecule has 0 amide bonds. The van der Waals surface area contributed by atoms with Gasteiger partial charge in [-0.15, -0.1) is 0 Å². The molecule has 0 saturated heterocycles. The van der Waals surface area contributed by atoms with E-state index in [4.69, 9.17) is 9.84 Å². The molecule has 4 nitrogen and oxygen atoms in total. The van der Waals surface area contributed by atoms with Crippen LogP contribution >= 0.6 is 0 Å². The number of hydrogen-bond acceptors (Lipinski definition) is 3. The summed E-state index contributed by atoms with van der Waals surface area (Å²) in [4.78, 5) is 10.4. The summed E-state index contributed by atoms with van der Waals surface area (Å²) in [6.45, 7) is 3.97. The van der Waals surface area contributed by atoms with Gasteiger partial charge in [-0.1, -0.05) is 6.08 Å². The van der Waals surface area contributed by atoms with Gasteiger partial charge in [0.2, 0.25) is 0 Å². The lowest BCUT2D eigenvalue weighted by Gasteiger charge is -2.02. The number of rotatable bonds is 9. The summed E-state index contributed by atoms with van der Waals surface area (Å²) in [5, 5.41) is 11.7. The van der Waals surface area contributed by atoms with Crippen molar-refractivity contribution in [2.45, 2.75) is 26.2 Å². The average Bonchev–Trinajstić information content (AvgIpc) is 2.21. The lowest BCUT2D eigenvalue weighted by Crippen LogP contribution is -2.16. The molecular formula is C11H21NO3. The minimum absolute atomic E-state index is 0.391. The lowest BCUT2D eigenvalue weighted by molar-refractivity contribution is -0.132. The molecule has 0 aromatic rings. The fourth-order valence-electron chi connectivity index (χ4n) is 1.09. The van der Waals surface area contributed by atoms with Crippen LogP contribution in [0.4, 0.5) is 0 Å². The zero-order valence-corrected chi connectivity index (χ0v) is 9.58. The molecule has 0 fully saturated rings. The van der Waals surface area contributed by atoms with Gasteiger partial charge in [-0.3, -0.25) is 0 Å². The standard InChI is InChI=1S/C11H21NO3/c1-10(11(13)14)6-8-12-7-4-3-5-9-15-2/h6,12H,3-5,7-9H2,1-2H3,(H,13,14)/b10-6-. The van der Waals surface area contributed by atoms with E-state index in [1.807, 2.05) is 0 Å². The van der Waals surface area contributed by atoms with E-state index in [0.29, 0.717) is 12.1 Å². The van der Waals surface area contributed by atoms with Crippen LogP contribution in [0.15, 0.2) is 11.6 Å². The van der Waals surface area contributed by atoms with Crippen molar-refractivity contribution in [3.05, 3.63) is 11.6 Å². The molecule has 0 bridgehead atoms. The first-order valence-electron chi connectivity index (χ1n) is 5.28. The zero-order valence-electron chi connectivity index (χ0n) is 9.58. The topological polar surface area (TPSA) is 58.6 Å². The summed E-state index contributed by atoms with van der Waals surface area (Å²) in [7, 11) is 1.71. The second-order valence-corrected chi connectivity index (χ2v) is 3.45. The molecule has 0 aliphatic rings. The molecule has 0 aromatic heterocycles. The minimum Gasteiger partial charge on any atom is -0.478 e. The third-order valence-electron chi connectivity index (χ3n) is 2.09. The van der Waals surface area contributed by atoms with Gasteiger partial charge in [0.15, 0.2) is 0 Å². The van der Waals surface area contributed by atoms with E-state index in [-0.39, 0.29) is 0 Å². The third kappa shape index (κ3) is 9.43. The van der Waals surface area contributed by atoms with Crippen molar-refractivity contribution in [3.63, 3.8) is 0 Å². The van der Waals surface area contributed by atoms with Gasteiger partial charge in [-0.05, 0) is 32.7 Å². The van der Waals surface area contributed by atoms with Crippen molar-refractivity contribution < 1.29 is 14.6 Å². The lowest BCUT2D eigenvalue weighted by atomic mass is 10.2. The van der Waals surface area contributed by atoms with Gasteiger partial charge in [-0.25, -0.2) is 4.79 Å². The number of ether oxygens (including phenoxy) is 1.